The van der Waals surface area contributed by atoms with Crippen molar-refractivity contribution in [1.82, 2.24) is 10.2 Å². The zero-order valence-electron chi connectivity index (χ0n) is 11.8. The molecule has 1 aromatic carbocycles. The fraction of sp³-hybridized carbons (Fsp3) is 0.312. The third-order valence-corrected chi connectivity index (χ3v) is 3.40. The average molecular weight is 266 g/mol. The predicted molar refractivity (Wildman–Crippen MR) is 80.3 cm³/mol. The Balaban J connectivity index is 2.13. The molecule has 4 nitrogen and oxygen atoms in total. The van der Waals surface area contributed by atoms with Gasteiger partial charge in [-0.3, -0.25) is 0 Å². The van der Waals surface area contributed by atoms with Gasteiger partial charge in [0.15, 0.2) is 0 Å². The molecule has 0 amide bonds. The predicted octanol–water partition coefficient (Wildman–Crippen LogP) is 3.59. The summed E-state index contributed by atoms with van der Waals surface area (Å²) >= 11 is 0. The van der Waals surface area contributed by atoms with E-state index in [9.17, 15) is 0 Å². The molecule has 2 aromatic rings. The number of benzene rings is 1. The number of hydrogen-bond acceptors (Lipinski definition) is 4. The van der Waals surface area contributed by atoms with Crippen molar-refractivity contribution in [1.29, 1.82) is 5.26 Å². The van der Waals surface area contributed by atoms with Gasteiger partial charge in [-0.05, 0) is 30.0 Å². The van der Waals surface area contributed by atoms with Crippen LogP contribution >= 0.6 is 0 Å². The molecule has 4 heteroatoms. The van der Waals surface area contributed by atoms with Crippen molar-refractivity contribution < 1.29 is 0 Å². The van der Waals surface area contributed by atoms with Gasteiger partial charge in [0.1, 0.15) is 12.4 Å². The normalized spacial score (nSPS) is 11.7. The second-order valence-electron chi connectivity index (χ2n) is 4.75. The lowest BCUT2D eigenvalue weighted by molar-refractivity contribution is 0.734. The summed E-state index contributed by atoms with van der Waals surface area (Å²) in [4.78, 5) is 0. The Kier molecular flexibility index (Phi) is 4.67. The Bertz CT molecular complexity index is 581. The summed E-state index contributed by atoms with van der Waals surface area (Å²) in [5, 5.41) is 19.6. The van der Waals surface area contributed by atoms with Gasteiger partial charge in [0.2, 0.25) is 0 Å². The number of hydrogen-bond donors (Lipinski definition) is 1. The molecule has 102 valence electrons. The number of rotatable bonds is 5. The quantitative estimate of drug-likeness (QED) is 0.840. The highest BCUT2D eigenvalue weighted by atomic mass is 15.2. The van der Waals surface area contributed by atoms with Crippen LogP contribution in [0.25, 0.3) is 11.3 Å². The Morgan fingerprint density at radius 1 is 1.15 bits per heavy atom. The first-order valence-corrected chi connectivity index (χ1v) is 6.79. The van der Waals surface area contributed by atoms with E-state index < -0.39 is 0 Å². The Morgan fingerprint density at radius 2 is 1.90 bits per heavy atom. The first-order valence-electron chi connectivity index (χ1n) is 6.79. The van der Waals surface area contributed by atoms with E-state index >= 15 is 0 Å². The van der Waals surface area contributed by atoms with Crippen LogP contribution in [0.1, 0.15) is 31.7 Å². The molecule has 1 aromatic heterocycles. The fourth-order valence-electron chi connectivity index (χ4n) is 1.93. The van der Waals surface area contributed by atoms with Gasteiger partial charge in [-0.2, -0.15) is 5.26 Å². The molecule has 0 aliphatic rings. The van der Waals surface area contributed by atoms with Crippen LogP contribution in [-0.2, 0) is 0 Å². The van der Waals surface area contributed by atoms with Crippen molar-refractivity contribution in [2.75, 3.05) is 11.9 Å². The second-order valence-corrected chi connectivity index (χ2v) is 4.75. The number of nitriles is 1. The molecular weight excluding hydrogens is 248 g/mol. The van der Waals surface area contributed by atoms with Crippen molar-refractivity contribution >= 4 is 5.82 Å². The standard InChI is InChI=1S/C16H18N4/c1-3-12(2)13-4-6-14(7-5-13)15-8-9-16(20-19-15)18-11-10-17/h4-9,12H,3,11H2,1-2H3,(H,18,20). The van der Waals surface area contributed by atoms with Crippen LogP contribution in [0.4, 0.5) is 5.82 Å². The summed E-state index contributed by atoms with van der Waals surface area (Å²) in [5.74, 6) is 1.19. The summed E-state index contributed by atoms with van der Waals surface area (Å²) in [5.41, 5.74) is 3.23. The molecule has 0 aliphatic carbocycles. The van der Waals surface area contributed by atoms with Gasteiger partial charge in [-0.25, -0.2) is 0 Å². The highest BCUT2D eigenvalue weighted by Crippen LogP contribution is 2.23. The van der Waals surface area contributed by atoms with E-state index in [0.717, 1.165) is 17.7 Å². The fourth-order valence-corrected chi connectivity index (χ4v) is 1.93. The van der Waals surface area contributed by atoms with Crippen LogP contribution in [0.15, 0.2) is 36.4 Å². The summed E-state index contributed by atoms with van der Waals surface area (Å²) in [6.45, 7) is 4.65. The highest BCUT2D eigenvalue weighted by Gasteiger charge is 2.05. The van der Waals surface area contributed by atoms with Gasteiger partial charge < -0.3 is 5.32 Å². The van der Waals surface area contributed by atoms with Crippen molar-refractivity contribution in [2.45, 2.75) is 26.2 Å². The largest absolute Gasteiger partial charge is 0.356 e. The lowest BCUT2D eigenvalue weighted by Gasteiger charge is -2.09. The van der Waals surface area contributed by atoms with Crippen LogP contribution in [0.3, 0.4) is 0 Å². The molecule has 1 unspecified atom stereocenters. The monoisotopic (exact) mass is 266 g/mol. The van der Waals surface area contributed by atoms with E-state index in [1.807, 2.05) is 18.2 Å². The lowest BCUT2D eigenvalue weighted by Crippen LogP contribution is -2.02. The van der Waals surface area contributed by atoms with Crippen LogP contribution in [0, 0.1) is 11.3 Å². The molecule has 1 heterocycles. The zero-order valence-corrected chi connectivity index (χ0v) is 11.8. The van der Waals surface area contributed by atoms with E-state index in [1.165, 1.54) is 5.56 Å². The number of nitrogens with zero attached hydrogens (tertiary/aromatic N) is 3. The van der Waals surface area contributed by atoms with Crippen molar-refractivity contribution in [3.8, 4) is 17.3 Å². The SMILES string of the molecule is CCC(C)c1ccc(-c2ccc(NCC#N)nn2)cc1. The van der Waals surface area contributed by atoms with Crippen LogP contribution in [-0.4, -0.2) is 16.7 Å². The van der Waals surface area contributed by atoms with E-state index in [2.05, 4.69) is 53.6 Å². The summed E-state index contributed by atoms with van der Waals surface area (Å²) < 4.78 is 0. The van der Waals surface area contributed by atoms with Crippen molar-refractivity contribution in [3.05, 3.63) is 42.0 Å². The molecule has 0 spiro atoms. The van der Waals surface area contributed by atoms with E-state index in [-0.39, 0.29) is 6.54 Å². The number of aromatic nitrogens is 2. The molecule has 0 saturated carbocycles. The first kappa shape index (κ1) is 14.0. The van der Waals surface area contributed by atoms with Gasteiger partial charge in [-0.15, -0.1) is 10.2 Å². The van der Waals surface area contributed by atoms with Crippen molar-refractivity contribution in [2.24, 2.45) is 0 Å². The van der Waals surface area contributed by atoms with Gasteiger partial charge in [0, 0.05) is 5.56 Å². The van der Waals surface area contributed by atoms with Crippen LogP contribution < -0.4 is 5.32 Å². The molecule has 1 N–H and O–H groups in total. The smallest absolute Gasteiger partial charge is 0.149 e. The molecule has 0 aliphatic heterocycles. The Morgan fingerprint density at radius 3 is 2.45 bits per heavy atom. The molecular formula is C16H18N4. The van der Waals surface area contributed by atoms with E-state index in [1.54, 1.807) is 0 Å². The summed E-state index contributed by atoms with van der Waals surface area (Å²) in [6, 6.07) is 14.2. The van der Waals surface area contributed by atoms with Crippen LogP contribution in [0.5, 0.6) is 0 Å². The molecule has 0 bridgehead atoms. The maximum Gasteiger partial charge on any atom is 0.149 e. The molecule has 1 atom stereocenters. The van der Waals surface area contributed by atoms with Gasteiger partial charge in [0.25, 0.3) is 0 Å². The number of nitrogens with one attached hydrogen (secondary N) is 1. The molecule has 0 fully saturated rings. The Hall–Kier alpha value is -2.41. The topological polar surface area (TPSA) is 61.6 Å². The summed E-state index contributed by atoms with van der Waals surface area (Å²) in [6.07, 6.45) is 1.14. The molecule has 20 heavy (non-hydrogen) atoms. The summed E-state index contributed by atoms with van der Waals surface area (Å²) in [7, 11) is 0. The first-order chi connectivity index (χ1) is 9.74. The van der Waals surface area contributed by atoms with Crippen LogP contribution in [0.2, 0.25) is 0 Å². The highest BCUT2D eigenvalue weighted by molar-refractivity contribution is 5.60. The maximum absolute atomic E-state index is 8.49. The third-order valence-electron chi connectivity index (χ3n) is 3.40. The minimum absolute atomic E-state index is 0.234. The third kappa shape index (κ3) is 3.33. The Labute approximate surface area is 119 Å². The lowest BCUT2D eigenvalue weighted by atomic mass is 9.97. The van der Waals surface area contributed by atoms with Gasteiger partial charge in [0.05, 0.1) is 11.8 Å². The minimum Gasteiger partial charge on any atom is -0.356 e. The van der Waals surface area contributed by atoms with Crippen molar-refractivity contribution in [3.63, 3.8) is 0 Å². The minimum atomic E-state index is 0.234. The molecule has 2 rings (SSSR count). The second kappa shape index (κ2) is 6.67. The molecule has 0 saturated heterocycles. The van der Waals surface area contributed by atoms with E-state index in [0.29, 0.717) is 11.7 Å². The van der Waals surface area contributed by atoms with E-state index in [4.69, 9.17) is 5.26 Å². The number of anilines is 1. The molecule has 0 radical (unpaired) electrons. The maximum atomic E-state index is 8.49. The zero-order chi connectivity index (χ0) is 14.4. The van der Waals surface area contributed by atoms with Gasteiger partial charge in [-0.1, -0.05) is 38.1 Å². The average Bonchev–Trinajstić information content (AvgIpc) is 2.53. The van der Waals surface area contributed by atoms with Gasteiger partial charge >= 0.3 is 0 Å².